The second-order valence-corrected chi connectivity index (χ2v) is 6.26. The lowest BCUT2D eigenvalue weighted by atomic mass is 10.0. The summed E-state index contributed by atoms with van der Waals surface area (Å²) in [6.45, 7) is 0.167. The molecule has 2 heterocycles. The molecule has 7 nitrogen and oxygen atoms in total. The van der Waals surface area contributed by atoms with Crippen molar-refractivity contribution in [3.05, 3.63) is 97.7 Å². The number of nitrogens with one attached hydrogen (secondary N) is 1. The number of nitrogens with zero attached hydrogens (tertiary/aromatic N) is 1. The van der Waals surface area contributed by atoms with E-state index in [0.29, 0.717) is 17.5 Å². The molecule has 0 spiro atoms. The number of ether oxygens (including phenoxy) is 1. The Balaban J connectivity index is 1.76. The third-order valence-corrected chi connectivity index (χ3v) is 4.62. The Labute approximate surface area is 153 Å². The molecule has 2 N–H and O–H groups in total. The highest BCUT2D eigenvalue weighted by molar-refractivity contribution is 5.94. The minimum Gasteiger partial charge on any atom is -0.494 e. The fourth-order valence-electron chi connectivity index (χ4n) is 3.26. The van der Waals surface area contributed by atoms with Crippen LogP contribution in [0.4, 0.5) is 0 Å². The van der Waals surface area contributed by atoms with Crippen LogP contribution in [0.3, 0.4) is 0 Å². The Bertz CT molecular complexity index is 1130. The number of carbonyl (C=O) groups is 1. The normalized spacial score (nSPS) is 15.4. The number of carbonyl (C=O) groups excluding carboxylic acids is 1. The van der Waals surface area contributed by atoms with E-state index in [1.165, 1.54) is 0 Å². The zero-order valence-corrected chi connectivity index (χ0v) is 14.2. The lowest BCUT2D eigenvalue weighted by Crippen LogP contribution is -2.34. The molecule has 0 amide bonds. The van der Waals surface area contributed by atoms with E-state index in [1.807, 2.05) is 30.3 Å². The molecule has 1 aromatic heterocycles. The number of hydrogen-bond donors (Lipinski definition) is 2. The summed E-state index contributed by atoms with van der Waals surface area (Å²) in [5, 5.41) is 10.7. The number of benzene rings is 2. The maximum absolute atomic E-state index is 12.4. The summed E-state index contributed by atoms with van der Waals surface area (Å²) in [6, 6.07) is 16.1. The van der Waals surface area contributed by atoms with E-state index in [4.69, 9.17) is 4.74 Å². The first-order valence-electron chi connectivity index (χ1n) is 8.46. The molecule has 136 valence electrons. The average molecular weight is 364 g/mol. The number of fused-ring (bicyclic) bond motifs is 1. The van der Waals surface area contributed by atoms with Crippen molar-refractivity contribution in [1.82, 2.24) is 9.55 Å². The number of aromatic amines is 1. The molecule has 1 aliphatic rings. The minimum atomic E-state index is -1.05. The summed E-state index contributed by atoms with van der Waals surface area (Å²) in [5.74, 6) is -1.06. The third-order valence-electron chi connectivity index (χ3n) is 4.62. The summed E-state index contributed by atoms with van der Waals surface area (Å²) in [7, 11) is 0. The number of aryl methyl sites for hydroxylation is 1. The van der Waals surface area contributed by atoms with Gasteiger partial charge in [-0.05, 0) is 18.1 Å². The van der Waals surface area contributed by atoms with E-state index in [-0.39, 0.29) is 12.1 Å². The van der Waals surface area contributed by atoms with Gasteiger partial charge >= 0.3 is 11.7 Å². The zero-order valence-electron chi connectivity index (χ0n) is 14.2. The van der Waals surface area contributed by atoms with Crippen molar-refractivity contribution >= 4 is 5.97 Å². The summed E-state index contributed by atoms with van der Waals surface area (Å²) in [5.41, 5.74) is 0.160. The number of aromatic hydroxyl groups is 1. The smallest absolute Gasteiger partial charge is 0.339 e. The Morgan fingerprint density at radius 1 is 1.00 bits per heavy atom. The van der Waals surface area contributed by atoms with Crippen LogP contribution in [0.2, 0.25) is 0 Å². The lowest BCUT2D eigenvalue weighted by molar-refractivity contribution is 0.0448. The van der Waals surface area contributed by atoms with Gasteiger partial charge in [-0.15, -0.1) is 0 Å². The Morgan fingerprint density at radius 2 is 1.70 bits per heavy atom. The van der Waals surface area contributed by atoms with Gasteiger partial charge in [-0.1, -0.05) is 48.5 Å². The first kappa shape index (κ1) is 16.8. The largest absolute Gasteiger partial charge is 0.494 e. The molecule has 1 atom stereocenters. The predicted octanol–water partition coefficient (Wildman–Crippen LogP) is 1.74. The molecule has 4 rings (SSSR count). The van der Waals surface area contributed by atoms with Gasteiger partial charge in [0, 0.05) is 12.1 Å². The molecule has 3 aromatic rings. The molecule has 0 fully saturated rings. The summed E-state index contributed by atoms with van der Waals surface area (Å²) in [6.07, 6.45) is -0.568. The molecule has 7 heteroatoms. The summed E-state index contributed by atoms with van der Waals surface area (Å²) < 4.78 is 6.38. The minimum absolute atomic E-state index is 0.152. The van der Waals surface area contributed by atoms with Gasteiger partial charge in [0.1, 0.15) is 5.56 Å². The molecular formula is C20H16N2O5. The van der Waals surface area contributed by atoms with Gasteiger partial charge < -0.3 is 9.84 Å². The van der Waals surface area contributed by atoms with Crippen molar-refractivity contribution in [1.29, 1.82) is 0 Å². The van der Waals surface area contributed by atoms with E-state index in [2.05, 4.69) is 4.98 Å². The van der Waals surface area contributed by atoms with Gasteiger partial charge in [0.15, 0.2) is 6.10 Å². The van der Waals surface area contributed by atoms with E-state index in [0.717, 1.165) is 10.1 Å². The molecule has 0 bridgehead atoms. The van der Waals surface area contributed by atoms with E-state index in [9.17, 15) is 19.5 Å². The van der Waals surface area contributed by atoms with Crippen molar-refractivity contribution < 1.29 is 14.6 Å². The Morgan fingerprint density at radius 3 is 2.48 bits per heavy atom. The highest BCUT2D eigenvalue weighted by atomic mass is 16.5. The number of hydrogen-bond acceptors (Lipinski definition) is 5. The van der Waals surface area contributed by atoms with Crippen LogP contribution in [0.15, 0.2) is 64.2 Å². The third kappa shape index (κ3) is 2.93. The fraction of sp³-hybridized carbons (Fsp3) is 0.150. The molecule has 0 radical (unpaired) electrons. The van der Waals surface area contributed by atoms with Crippen molar-refractivity contribution in [3.8, 4) is 5.88 Å². The lowest BCUT2D eigenvalue weighted by Gasteiger charge is -2.15. The Hall–Kier alpha value is -3.61. The first-order chi connectivity index (χ1) is 13.1. The second-order valence-electron chi connectivity index (χ2n) is 6.26. The maximum atomic E-state index is 12.4. The van der Waals surface area contributed by atoms with Gasteiger partial charge in [0.05, 0.1) is 5.56 Å². The van der Waals surface area contributed by atoms with Crippen LogP contribution in [-0.4, -0.2) is 20.6 Å². The van der Waals surface area contributed by atoms with Crippen LogP contribution in [0.25, 0.3) is 0 Å². The van der Waals surface area contributed by atoms with Crippen molar-refractivity contribution in [3.63, 3.8) is 0 Å². The monoisotopic (exact) mass is 364 g/mol. The average Bonchev–Trinajstić information content (AvgIpc) is 2.99. The molecule has 0 saturated heterocycles. The van der Waals surface area contributed by atoms with E-state index in [1.54, 1.807) is 24.3 Å². The van der Waals surface area contributed by atoms with Gasteiger partial charge in [0.2, 0.25) is 5.88 Å². The number of rotatable bonds is 4. The van der Waals surface area contributed by atoms with Crippen molar-refractivity contribution in [2.24, 2.45) is 0 Å². The molecule has 0 aliphatic carbocycles. The molecule has 1 aliphatic heterocycles. The number of esters is 1. The van der Waals surface area contributed by atoms with Crippen LogP contribution in [0.5, 0.6) is 5.88 Å². The van der Waals surface area contributed by atoms with Crippen LogP contribution in [-0.2, 0) is 17.7 Å². The molecular weight excluding hydrogens is 348 g/mol. The Kier molecular flexibility index (Phi) is 4.12. The standard InChI is InChI=1S/C20H16N2O5/c23-17-15(16-13-8-4-5-9-14(13)19(25)27-16)18(24)22(20(26)21-17)11-10-12-6-2-1-3-7-12/h1-9,16,24H,10-11H2,(H,21,23,26)/t16-/m1/s1. The number of cyclic esters (lactones) is 1. The van der Waals surface area contributed by atoms with E-state index < -0.39 is 29.2 Å². The van der Waals surface area contributed by atoms with Crippen molar-refractivity contribution in [2.45, 2.75) is 19.1 Å². The van der Waals surface area contributed by atoms with Crippen LogP contribution in [0, 0.1) is 0 Å². The fourth-order valence-corrected chi connectivity index (χ4v) is 3.26. The summed E-state index contributed by atoms with van der Waals surface area (Å²) >= 11 is 0. The number of H-pyrrole nitrogens is 1. The van der Waals surface area contributed by atoms with Gasteiger partial charge in [-0.2, -0.15) is 0 Å². The highest BCUT2D eigenvalue weighted by Crippen LogP contribution is 2.37. The van der Waals surface area contributed by atoms with E-state index >= 15 is 0 Å². The summed E-state index contributed by atoms with van der Waals surface area (Å²) in [4.78, 5) is 38.8. The first-order valence-corrected chi connectivity index (χ1v) is 8.46. The maximum Gasteiger partial charge on any atom is 0.339 e. The molecule has 0 unspecified atom stereocenters. The topological polar surface area (TPSA) is 101 Å². The van der Waals surface area contributed by atoms with Gasteiger partial charge in [-0.3, -0.25) is 14.3 Å². The SMILES string of the molecule is O=C1O[C@@H](c2c(O)n(CCc3ccccc3)c(=O)[nH]c2=O)c2ccccc21. The molecule has 27 heavy (non-hydrogen) atoms. The van der Waals surface area contributed by atoms with Gasteiger partial charge in [-0.25, -0.2) is 9.59 Å². The second kappa shape index (κ2) is 6.60. The predicted molar refractivity (Wildman–Crippen MR) is 96.8 cm³/mol. The van der Waals surface area contributed by atoms with Gasteiger partial charge in [0.25, 0.3) is 5.56 Å². The quantitative estimate of drug-likeness (QED) is 0.687. The van der Waals surface area contributed by atoms with Crippen LogP contribution >= 0.6 is 0 Å². The molecule has 2 aromatic carbocycles. The highest BCUT2D eigenvalue weighted by Gasteiger charge is 2.36. The van der Waals surface area contributed by atoms with Crippen LogP contribution < -0.4 is 11.2 Å². The van der Waals surface area contributed by atoms with Crippen LogP contribution in [0.1, 0.15) is 33.2 Å². The van der Waals surface area contributed by atoms with Crippen molar-refractivity contribution in [2.75, 3.05) is 0 Å². The zero-order chi connectivity index (χ0) is 19.0. The molecule has 0 saturated carbocycles. The number of aromatic nitrogens is 2.